The van der Waals surface area contributed by atoms with Crippen molar-refractivity contribution in [1.82, 2.24) is 10.0 Å². The van der Waals surface area contributed by atoms with Crippen LogP contribution in [0.25, 0.3) is 0 Å². The molecule has 0 aliphatic heterocycles. The van der Waals surface area contributed by atoms with Gasteiger partial charge in [0.15, 0.2) is 0 Å². The van der Waals surface area contributed by atoms with Crippen LogP contribution in [0, 0.1) is 30.1 Å². The first-order chi connectivity index (χ1) is 12.2. The molecule has 3 unspecified atom stereocenters. The highest BCUT2D eigenvalue weighted by atomic mass is 32.2. The van der Waals surface area contributed by atoms with Crippen LogP contribution in [0.15, 0.2) is 29.2 Å². The molecule has 3 atom stereocenters. The van der Waals surface area contributed by atoms with Gasteiger partial charge >= 0.3 is 0 Å². The topological polar surface area (TPSA) is 75.3 Å². The number of benzene rings is 1. The second kappa shape index (κ2) is 8.70. The summed E-state index contributed by atoms with van der Waals surface area (Å²) in [5, 5.41) is 3.16. The number of nitrogens with one attached hydrogen (secondary N) is 2. The highest BCUT2D eigenvalue weighted by molar-refractivity contribution is 7.89. The smallest absolute Gasteiger partial charge is 0.251 e. The molecule has 1 fully saturated rings. The molecule has 0 bridgehead atoms. The van der Waals surface area contributed by atoms with E-state index in [0.29, 0.717) is 23.3 Å². The Balaban J connectivity index is 2.09. The molecule has 0 radical (unpaired) electrons. The Kier molecular flexibility index (Phi) is 6.85. The van der Waals surface area contributed by atoms with E-state index in [1.165, 1.54) is 30.7 Å². The predicted octanol–water partition coefficient (Wildman–Crippen LogP) is 2.79. The Morgan fingerprint density at radius 1 is 1.27 bits per heavy atom. The third kappa shape index (κ3) is 5.09. The Morgan fingerprint density at radius 2 is 1.92 bits per heavy atom. The molecule has 142 valence electrons. The van der Waals surface area contributed by atoms with Crippen molar-refractivity contribution in [2.75, 3.05) is 6.54 Å². The number of hydrogen-bond donors (Lipinski definition) is 2. The van der Waals surface area contributed by atoms with Crippen molar-refractivity contribution in [3.05, 3.63) is 29.8 Å². The molecule has 1 amide bonds. The summed E-state index contributed by atoms with van der Waals surface area (Å²) in [5.41, 5.74) is 0.460. The Morgan fingerprint density at radius 3 is 2.50 bits per heavy atom. The lowest BCUT2D eigenvalue weighted by molar-refractivity contribution is 0.0868. The predicted molar refractivity (Wildman–Crippen MR) is 103 cm³/mol. The van der Waals surface area contributed by atoms with Crippen molar-refractivity contribution < 1.29 is 13.2 Å². The summed E-state index contributed by atoms with van der Waals surface area (Å²) < 4.78 is 26.4. The zero-order valence-electron chi connectivity index (χ0n) is 15.7. The number of terminal acetylenes is 1. The van der Waals surface area contributed by atoms with E-state index in [1.807, 2.05) is 0 Å². The van der Waals surface area contributed by atoms with Crippen molar-refractivity contribution in [2.45, 2.75) is 51.0 Å². The van der Waals surface area contributed by atoms with Crippen LogP contribution in [0.1, 0.15) is 50.4 Å². The largest absolute Gasteiger partial charge is 0.349 e. The van der Waals surface area contributed by atoms with E-state index in [4.69, 9.17) is 6.42 Å². The highest BCUT2D eigenvalue weighted by Crippen LogP contribution is 2.33. The maximum Gasteiger partial charge on any atom is 0.251 e. The fourth-order valence-electron chi connectivity index (χ4n) is 3.63. The van der Waals surface area contributed by atoms with Crippen LogP contribution >= 0.6 is 0 Å². The summed E-state index contributed by atoms with van der Waals surface area (Å²) in [4.78, 5) is 12.7. The van der Waals surface area contributed by atoms with Gasteiger partial charge in [-0.2, -0.15) is 4.72 Å². The van der Waals surface area contributed by atoms with Gasteiger partial charge in [-0.3, -0.25) is 4.79 Å². The first-order valence-electron chi connectivity index (χ1n) is 9.08. The van der Waals surface area contributed by atoms with Crippen molar-refractivity contribution in [1.29, 1.82) is 0 Å². The van der Waals surface area contributed by atoms with Gasteiger partial charge in [-0.05, 0) is 54.9 Å². The van der Waals surface area contributed by atoms with Crippen LogP contribution in [0.3, 0.4) is 0 Å². The van der Waals surface area contributed by atoms with E-state index in [9.17, 15) is 13.2 Å². The van der Waals surface area contributed by atoms with Crippen LogP contribution in [-0.4, -0.2) is 26.9 Å². The van der Waals surface area contributed by atoms with E-state index >= 15 is 0 Å². The zero-order chi connectivity index (χ0) is 19.3. The minimum Gasteiger partial charge on any atom is -0.349 e. The molecule has 0 saturated heterocycles. The van der Waals surface area contributed by atoms with Gasteiger partial charge in [0.25, 0.3) is 5.91 Å². The fraction of sp³-hybridized carbons (Fsp3) is 0.550. The van der Waals surface area contributed by atoms with Gasteiger partial charge in [-0.25, -0.2) is 8.42 Å². The summed E-state index contributed by atoms with van der Waals surface area (Å²) >= 11 is 0. The Bertz CT molecular complexity index is 763. The number of hydrogen-bond acceptors (Lipinski definition) is 3. The molecular weight excluding hydrogens is 348 g/mol. The monoisotopic (exact) mass is 376 g/mol. The van der Waals surface area contributed by atoms with Crippen LogP contribution < -0.4 is 10.0 Å². The highest BCUT2D eigenvalue weighted by Gasteiger charge is 2.31. The summed E-state index contributed by atoms with van der Waals surface area (Å²) in [7, 11) is -3.64. The summed E-state index contributed by atoms with van der Waals surface area (Å²) in [5.74, 6) is 3.67. The minimum atomic E-state index is -3.64. The maximum atomic E-state index is 12.6. The van der Waals surface area contributed by atoms with Crippen molar-refractivity contribution in [3.8, 4) is 12.3 Å². The van der Waals surface area contributed by atoms with Crippen LogP contribution in [-0.2, 0) is 10.0 Å². The number of rotatable bonds is 6. The van der Waals surface area contributed by atoms with Gasteiger partial charge < -0.3 is 5.32 Å². The molecule has 6 heteroatoms. The molecule has 0 spiro atoms. The molecule has 1 aromatic carbocycles. The molecule has 1 aliphatic carbocycles. The third-order valence-electron chi connectivity index (χ3n) is 5.13. The molecule has 1 saturated carbocycles. The molecule has 5 nitrogen and oxygen atoms in total. The summed E-state index contributed by atoms with van der Waals surface area (Å²) in [6.07, 6.45) is 8.39. The van der Waals surface area contributed by atoms with Gasteiger partial charge in [0.2, 0.25) is 10.0 Å². The second-order valence-electron chi connectivity index (χ2n) is 7.46. The third-order valence-corrected chi connectivity index (χ3v) is 6.55. The van der Waals surface area contributed by atoms with E-state index < -0.39 is 10.0 Å². The van der Waals surface area contributed by atoms with E-state index in [2.05, 4.69) is 36.7 Å². The van der Waals surface area contributed by atoms with Gasteiger partial charge in [0.05, 0.1) is 11.4 Å². The lowest BCUT2D eigenvalue weighted by Crippen LogP contribution is -2.45. The number of carbonyl (C=O) groups excluding carboxylic acids is 1. The molecule has 1 aliphatic rings. The molecule has 0 heterocycles. The van der Waals surface area contributed by atoms with Crippen molar-refractivity contribution in [3.63, 3.8) is 0 Å². The summed E-state index contributed by atoms with van der Waals surface area (Å²) in [6.45, 7) is 6.55. The van der Waals surface area contributed by atoms with E-state index in [0.717, 1.165) is 12.8 Å². The van der Waals surface area contributed by atoms with Gasteiger partial charge in [-0.15, -0.1) is 6.42 Å². The van der Waals surface area contributed by atoms with Crippen LogP contribution in [0.5, 0.6) is 0 Å². The Labute approximate surface area is 157 Å². The first-order valence-corrected chi connectivity index (χ1v) is 10.6. The van der Waals surface area contributed by atoms with Crippen LogP contribution in [0.4, 0.5) is 0 Å². The van der Waals surface area contributed by atoms with Crippen LogP contribution in [0.2, 0.25) is 0 Å². The van der Waals surface area contributed by atoms with Gasteiger partial charge in [0.1, 0.15) is 0 Å². The second-order valence-corrected chi connectivity index (χ2v) is 9.23. The normalized spacial score (nSPS) is 23.4. The molecular formula is C20H28N2O3S. The average Bonchev–Trinajstić information content (AvgIpc) is 2.60. The standard InChI is InChI=1S/C20H28N2O3S/c1-5-12-21-26(24,25)17-9-7-16(8-10-17)20(23)22-19-13-15(4)6-11-18(19)14(2)3/h1,7-10,14-15,18-19,21H,6,11-13H2,2-4H3,(H,22,23). The SMILES string of the molecule is C#CCNS(=O)(=O)c1ccc(C(=O)NC2CC(C)CCC2C(C)C)cc1. The number of sulfonamides is 1. The van der Waals surface area contributed by atoms with Gasteiger partial charge in [-0.1, -0.05) is 33.1 Å². The van der Waals surface area contributed by atoms with Gasteiger partial charge in [0, 0.05) is 11.6 Å². The Hall–Kier alpha value is -1.84. The summed E-state index contributed by atoms with van der Waals surface area (Å²) in [6, 6.07) is 6.09. The lowest BCUT2D eigenvalue weighted by atomic mass is 9.74. The molecule has 2 N–H and O–H groups in total. The minimum absolute atomic E-state index is 0.0684. The van der Waals surface area contributed by atoms with Crippen molar-refractivity contribution in [2.24, 2.45) is 17.8 Å². The molecule has 1 aromatic rings. The number of amides is 1. The molecule has 26 heavy (non-hydrogen) atoms. The maximum absolute atomic E-state index is 12.6. The first kappa shape index (κ1) is 20.5. The molecule has 0 aromatic heterocycles. The fourth-order valence-corrected chi connectivity index (χ4v) is 4.56. The quantitative estimate of drug-likeness (QED) is 0.750. The van der Waals surface area contributed by atoms with E-state index in [1.54, 1.807) is 0 Å². The lowest BCUT2D eigenvalue weighted by Gasteiger charge is -2.37. The zero-order valence-corrected chi connectivity index (χ0v) is 16.5. The molecule has 2 rings (SSSR count). The average molecular weight is 377 g/mol. The van der Waals surface area contributed by atoms with Crippen molar-refractivity contribution >= 4 is 15.9 Å². The van der Waals surface area contributed by atoms with E-state index in [-0.39, 0.29) is 23.4 Å². The number of carbonyl (C=O) groups is 1.